The van der Waals surface area contributed by atoms with Crippen molar-refractivity contribution in [1.82, 2.24) is 4.90 Å². The minimum atomic E-state index is -0.179. The fourth-order valence-electron chi connectivity index (χ4n) is 1.22. The van der Waals surface area contributed by atoms with E-state index in [1.54, 1.807) is 25.1 Å². The van der Waals surface area contributed by atoms with Gasteiger partial charge in [0.05, 0.1) is 6.61 Å². The van der Waals surface area contributed by atoms with Crippen LogP contribution in [0.2, 0.25) is 5.02 Å². The second-order valence-corrected chi connectivity index (χ2v) is 4.22. The molecule has 4 nitrogen and oxygen atoms in total. The van der Waals surface area contributed by atoms with E-state index in [0.29, 0.717) is 23.9 Å². The summed E-state index contributed by atoms with van der Waals surface area (Å²) < 4.78 is 4.90. The Kier molecular flexibility index (Phi) is 5.25. The Labute approximate surface area is 107 Å². The molecule has 1 rings (SSSR count). The van der Waals surface area contributed by atoms with Gasteiger partial charge < -0.3 is 15.0 Å². The molecule has 1 aromatic carbocycles. The van der Waals surface area contributed by atoms with Gasteiger partial charge >= 0.3 is 6.03 Å². The van der Waals surface area contributed by atoms with Crippen LogP contribution in [0.4, 0.5) is 10.5 Å². The van der Waals surface area contributed by atoms with Gasteiger partial charge in [-0.2, -0.15) is 0 Å². The van der Waals surface area contributed by atoms with Crippen molar-refractivity contribution in [3.8, 4) is 0 Å². The van der Waals surface area contributed by atoms with Crippen LogP contribution in [0.3, 0.4) is 0 Å². The lowest BCUT2D eigenvalue weighted by Gasteiger charge is -2.17. The van der Waals surface area contributed by atoms with Crippen LogP contribution in [-0.4, -0.2) is 38.2 Å². The molecule has 0 atom stereocenters. The molecule has 1 N–H and O–H groups in total. The number of amides is 2. The quantitative estimate of drug-likeness (QED) is 0.900. The lowest BCUT2D eigenvalue weighted by atomic mass is 10.2. The number of rotatable bonds is 4. The Morgan fingerprint density at radius 3 is 2.82 bits per heavy atom. The average Bonchev–Trinajstić information content (AvgIpc) is 2.30. The molecule has 0 aliphatic rings. The molecule has 0 fully saturated rings. The van der Waals surface area contributed by atoms with Crippen LogP contribution in [0, 0.1) is 6.92 Å². The molecule has 0 spiro atoms. The Morgan fingerprint density at radius 1 is 1.53 bits per heavy atom. The summed E-state index contributed by atoms with van der Waals surface area (Å²) in [7, 11) is 3.32. The lowest BCUT2D eigenvalue weighted by molar-refractivity contribution is 0.165. The molecule has 5 heteroatoms. The highest BCUT2D eigenvalue weighted by Gasteiger charge is 2.08. The monoisotopic (exact) mass is 256 g/mol. The molecule has 0 aliphatic carbocycles. The molecule has 0 heterocycles. The van der Waals surface area contributed by atoms with E-state index in [4.69, 9.17) is 16.3 Å². The molecule has 94 valence electrons. The van der Waals surface area contributed by atoms with Crippen molar-refractivity contribution in [1.29, 1.82) is 0 Å². The molecule has 1 aromatic rings. The number of hydrogen-bond donors (Lipinski definition) is 1. The first kappa shape index (κ1) is 13.8. The van der Waals surface area contributed by atoms with Crippen molar-refractivity contribution < 1.29 is 9.53 Å². The van der Waals surface area contributed by atoms with Gasteiger partial charge in [0.15, 0.2) is 0 Å². The smallest absolute Gasteiger partial charge is 0.321 e. The standard InChI is InChI=1S/C12H17ClN2O2/c1-9-4-5-10(8-11(9)13)14-12(16)15(2)6-7-17-3/h4-5,8H,6-7H2,1-3H3,(H,14,16). The molecule has 0 saturated heterocycles. The summed E-state index contributed by atoms with van der Waals surface area (Å²) >= 11 is 5.98. The van der Waals surface area contributed by atoms with Crippen LogP contribution >= 0.6 is 11.6 Å². The van der Waals surface area contributed by atoms with Crippen LogP contribution in [0.1, 0.15) is 5.56 Å². The number of aryl methyl sites for hydroxylation is 1. The van der Waals surface area contributed by atoms with E-state index in [2.05, 4.69) is 5.32 Å². The fourth-order valence-corrected chi connectivity index (χ4v) is 1.40. The number of nitrogens with zero attached hydrogens (tertiary/aromatic N) is 1. The molecule has 0 aromatic heterocycles. The van der Waals surface area contributed by atoms with E-state index in [9.17, 15) is 4.79 Å². The topological polar surface area (TPSA) is 41.6 Å². The fraction of sp³-hybridized carbons (Fsp3) is 0.417. The average molecular weight is 257 g/mol. The van der Waals surface area contributed by atoms with Crippen molar-refractivity contribution in [2.45, 2.75) is 6.92 Å². The summed E-state index contributed by atoms with van der Waals surface area (Å²) in [5.74, 6) is 0. The molecule has 0 unspecified atom stereocenters. The second-order valence-electron chi connectivity index (χ2n) is 3.81. The van der Waals surface area contributed by atoms with E-state index in [1.807, 2.05) is 19.1 Å². The predicted octanol–water partition coefficient (Wildman–Crippen LogP) is 2.76. The number of carbonyl (C=O) groups is 1. The number of anilines is 1. The summed E-state index contributed by atoms with van der Waals surface area (Å²) in [4.78, 5) is 13.3. The third-order valence-electron chi connectivity index (χ3n) is 2.40. The van der Waals surface area contributed by atoms with Crippen molar-refractivity contribution in [2.75, 3.05) is 32.6 Å². The van der Waals surface area contributed by atoms with Crippen LogP contribution in [-0.2, 0) is 4.74 Å². The van der Waals surface area contributed by atoms with Gasteiger partial charge in [-0.25, -0.2) is 4.79 Å². The zero-order chi connectivity index (χ0) is 12.8. The van der Waals surface area contributed by atoms with Gasteiger partial charge in [-0.1, -0.05) is 17.7 Å². The number of hydrogen-bond acceptors (Lipinski definition) is 2. The number of nitrogens with one attached hydrogen (secondary N) is 1. The zero-order valence-corrected chi connectivity index (χ0v) is 11.0. The van der Waals surface area contributed by atoms with Gasteiger partial charge in [-0.05, 0) is 24.6 Å². The highest BCUT2D eigenvalue weighted by molar-refractivity contribution is 6.31. The van der Waals surface area contributed by atoms with E-state index in [0.717, 1.165) is 5.56 Å². The second kappa shape index (κ2) is 6.47. The summed E-state index contributed by atoms with van der Waals surface area (Å²) in [5.41, 5.74) is 1.67. The first-order valence-electron chi connectivity index (χ1n) is 5.32. The third kappa shape index (κ3) is 4.24. The van der Waals surface area contributed by atoms with Crippen LogP contribution < -0.4 is 5.32 Å². The van der Waals surface area contributed by atoms with E-state index < -0.39 is 0 Å². The Hall–Kier alpha value is -1.26. The SMILES string of the molecule is COCCN(C)C(=O)Nc1ccc(C)c(Cl)c1. The lowest BCUT2D eigenvalue weighted by Crippen LogP contribution is -2.33. The minimum absolute atomic E-state index is 0.179. The number of ether oxygens (including phenoxy) is 1. The van der Waals surface area contributed by atoms with Gasteiger partial charge in [0.1, 0.15) is 0 Å². The van der Waals surface area contributed by atoms with Gasteiger partial charge in [-0.15, -0.1) is 0 Å². The number of benzene rings is 1. The number of halogens is 1. The first-order chi connectivity index (χ1) is 8.04. The maximum Gasteiger partial charge on any atom is 0.321 e. The number of carbonyl (C=O) groups excluding carboxylic acids is 1. The van der Waals surface area contributed by atoms with Crippen LogP contribution in [0.25, 0.3) is 0 Å². The zero-order valence-electron chi connectivity index (χ0n) is 10.3. The molecule has 2 amide bonds. The van der Waals surface area contributed by atoms with Gasteiger partial charge in [-0.3, -0.25) is 0 Å². The molecule has 0 radical (unpaired) electrons. The Morgan fingerprint density at radius 2 is 2.24 bits per heavy atom. The maximum absolute atomic E-state index is 11.7. The van der Waals surface area contributed by atoms with Gasteiger partial charge in [0.25, 0.3) is 0 Å². The molecule has 0 bridgehead atoms. The maximum atomic E-state index is 11.7. The Balaban J connectivity index is 2.58. The minimum Gasteiger partial charge on any atom is -0.383 e. The van der Waals surface area contributed by atoms with Crippen LogP contribution in [0.5, 0.6) is 0 Å². The van der Waals surface area contributed by atoms with Gasteiger partial charge in [0, 0.05) is 31.4 Å². The normalized spacial score (nSPS) is 10.1. The molecular weight excluding hydrogens is 240 g/mol. The van der Waals surface area contributed by atoms with Crippen molar-refractivity contribution in [3.63, 3.8) is 0 Å². The molecule has 0 saturated carbocycles. The molecule has 0 aliphatic heterocycles. The largest absolute Gasteiger partial charge is 0.383 e. The van der Waals surface area contributed by atoms with E-state index in [1.165, 1.54) is 0 Å². The number of likely N-dealkylation sites (N-methyl/N-ethyl adjacent to an activating group) is 1. The van der Waals surface area contributed by atoms with E-state index >= 15 is 0 Å². The highest BCUT2D eigenvalue weighted by Crippen LogP contribution is 2.20. The first-order valence-corrected chi connectivity index (χ1v) is 5.69. The van der Waals surface area contributed by atoms with Crippen molar-refractivity contribution in [2.24, 2.45) is 0 Å². The number of methoxy groups -OCH3 is 1. The van der Waals surface area contributed by atoms with Crippen LogP contribution in [0.15, 0.2) is 18.2 Å². The van der Waals surface area contributed by atoms with Crippen molar-refractivity contribution in [3.05, 3.63) is 28.8 Å². The van der Waals surface area contributed by atoms with Gasteiger partial charge in [0.2, 0.25) is 0 Å². The summed E-state index contributed by atoms with van der Waals surface area (Å²) in [5, 5.41) is 3.41. The highest BCUT2D eigenvalue weighted by atomic mass is 35.5. The molecule has 17 heavy (non-hydrogen) atoms. The summed E-state index contributed by atoms with van der Waals surface area (Å²) in [6.07, 6.45) is 0. The molecular formula is C12H17ClN2O2. The predicted molar refractivity (Wildman–Crippen MR) is 69.7 cm³/mol. The van der Waals surface area contributed by atoms with Crippen molar-refractivity contribution >= 4 is 23.3 Å². The summed E-state index contributed by atoms with van der Waals surface area (Å²) in [6, 6.07) is 5.25. The summed E-state index contributed by atoms with van der Waals surface area (Å²) in [6.45, 7) is 2.97. The van der Waals surface area contributed by atoms with E-state index in [-0.39, 0.29) is 6.03 Å². The Bertz CT molecular complexity index is 396. The number of urea groups is 1. The third-order valence-corrected chi connectivity index (χ3v) is 2.81.